The number of rotatable bonds is 8. The average molecular weight is 300 g/mol. The number of nitrogens with one attached hydrogen (secondary N) is 1. The van der Waals surface area contributed by atoms with Gasteiger partial charge in [0.25, 0.3) is 0 Å². The third kappa shape index (κ3) is 4.16. The van der Waals surface area contributed by atoms with Crippen molar-refractivity contribution >= 4 is 11.3 Å². The molecule has 1 aromatic carbocycles. The second kappa shape index (κ2) is 7.21. The van der Waals surface area contributed by atoms with Crippen LogP contribution in [0.4, 0.5) is 0 Å². The maximum Gasteiger partial charge on any atom is 0.0330 e. The van der Waals surface area contributed by atoms with Crippen molar-refractivity contribution in [1.29, 1.82) is 0 Å². The highest BCUT2D eigenvalue weighted by molar-refractivity contribution is 7.09. The van der Waals surface area contributed by atoms with Crippen molar-refractivity contribution in [2.24, 2.45) is 0 Å². The molecule has 2 aromatic rings. The summed E-state index contributed by atoms with van der Waals surface area (Å²) in [6.45, 7) is 2.29. The molecule has 1 unspecified atom stereocenters. The normalized spacial score (nSPS) is 16.3. The molecule has 0 aliphatic heterocycles. The molecule has 1 saturated carbocycles. The molecule has 1 fully saturated rings. The lowest BCUT2D eigenvalue weighted by Gasteiger charge is -2.25. The first-order chi connectivity index (χ1) is 10.4. The fraction of sp³-hybridized carbons (Fsp3) is 0.444. The molecular formula is C18H24N2S. The maximum atomic E-state index is 3.47. The topological polar surface area (TPSA) is 15.3 Å². The third-order valence-electron chi connectivity index (χ3n) is 4.26. The van der Waals surface area contributed by atoms with Crippen molar-refractivity contribution in [1.82, 2.24) is 10.2 Å². The maximum absolute atomic E-state index is 3.47. The minimum absolute atomic E-state index is 0.454. The summed E-state index contributed by atoms with van der Waals surface area (Å²) in [6.07, 6.45) is 3.92. The Hall–Kier alpha value is -1.16. The minimum Gasteiger partial charge on any atom is -0.313 e. The van der Waals surface area contributed by atoms with E-state index in [2.05, 4.69) is 65.1 Å². The van der Waals surface area contributed by atoms with E-state index < -0.39 is 0 Å². The van der Waals surface area contributed by atoms with Gasteiger partial charge in [-0.05, 0) is 43.3 Å². The van der Waals surface area contributed by atoms with Crippen molar-refractivity contribution in [3.63, 3.8) is 0 Å². The van der Waals surface area contributed by atoms with Crippen LogP contribution in [0.3, 0.4) is 0 Å². The van der Waals surface area contributed by atoms with Gasteiger partial charge >= 0.3 is 0 Å². The summed E-state index contributed by atoms with van der Waals surface area (Å²) >= 11 is 1.88. The largest absolute Gasteiger partial charge is 0.313 e. The van der Waals surface area contributed by atoms with E-state index in [1.54, 1.807) is 0 Å². The molecule has 0 bridgehead atoms. The van der Waals surface area contributed by atoms with Gasteiger partial charge in [-0.3, -0.25) is 4.90 Å². The van der Waals surface area contributed by atoms with Crippen LogP contribution in [0.2, 0.25) is 0 Å². The molecular weight excluding hydrogens is 276 g/mol. The first-order valence-electron chi connectivity index (χ1n) is 7.85. The lowest BCUT2D eigenvalue weighted by molar-refractivity contribution is 0.242. The summed E-state index contributed by atoms with van der Waals surface area (Å²) in [5.41, 5.74) is 1.40. The fourth-order valence-electron chi connectivity index (χ4n) is 2.89. The summed E-state index contributed by atoms with van der Waals surface area (Å²) in [4.78, 5) is 4.15. The molecule has 2 nitrogen and oxygen atoms in total. The minimum atomic E-state index is 0.454. The van der Waals surface area contributed by atoms with Crippen molar-refractivity contribution in [2.45, 2.75) is 37.9 Å². The Balaban J connectivity index is 1.58. The Bertz CT molecular complexity index is 519. The molecule has 112 valence electrons. The Morgan fingerprint density at radius 2 is 2.00 bits per heavy atom. The van der Waals surface area contributed by atoms with Crippen LogP contribution in [-0.4, -0.2) is 24.5 Å². The van der Waals surface area contributed by atoms with Crippen LogP contribution in [0.15, 0.2) is 47.8 Å². The molecule has 3 heteroatoms. The Kier molecular flexibility index (Phi) is 5.07. The summed E-state index contributed by atoms with van der Waals surface area (Å²) in [5.74, 6) is 0. The highest BCUT2D eigenvalue weighted by Crippen LogP contribution is 2.30. The highest BCUT2D eigenvalue weighted by atomic mass is 32.1. The predicted octanol–water partition coefficient (Wildman–Crippen LogP) is 4.06. The Morgan fingerprint density at radius 1 is 1.19 bits per heavy atom. The standard InChI is InChI=1S/C18H24N2S/c1-19-18(15-6-3-2-4-7-15)11-12-20(16-9-10-16)14-17-8-5-13-21-17/h2-8,13,16,18-19H,9-12,14H2,1H3. The Morgan fingerprint density at radius 3 is 2.62 bits per heavy atom. The van der Waals surface area contributed by atoms with Gasteiger partial charge in [0.1, 0.15) is 0 Å². The molecule has 1 atom stereocenters. The van der Waals surface area contributed by atoms with E-state index in [1.165, 1.54) is 36.2 Å². The second-order valence-electron chi connectivity index (χ2n) is 5.82. The molecule has 0 saturated heterocycles. The van der Waals surface area contributed by atoms with Crippen LogP contribution in [0, 0.1) is 0 Å². The van der Waals surface area contributed by atoms with E-state index in [0.29, 0.717) is 6.04 Å². The molecule has 1 aliphatic rings. The van der Waals surface area contributed by atoms with Crippen LogP contribution in [-0.2, 0) is 6.54 Å². The van der Waals surface area contributed by atoms with Gasteiger partial charge in [0.15, 0.2) is 0 Å². The smallest absolute Gasteiger partial charge is 0.0330 e. The molecule has 21 heavy (non-hydrogen) atoms. The van der Waals surface area contributed by atoms with E-state index >= 15 is 0 Å². The molecule has 1 aliphatic carbocycles. The Labute approximate surface area is 131 Å². The summed E-state index contributed by atoms with van der Waals surface area (Å²) in [6, 6.07) is 16.5. The van der Waals surface area contributed by atoms with Crippen LogP contribution in [0.5, 0.6) is 0 Å². The highest BCUT2D eigenvalue weighted by Gasteiger charge is 2.29. The zero-order valence-electron chi connectivity index (χ0n) is 12.7. The van der Waals surface area contributed by atoms with E-state index in [0.717, 1.165) is 12.6 Å². The lowest BCUT2D eigenvalue weighted by Crippen LogP contribution is -2.29. The second-order valence-corrected chi connectivity index (χ2v) is 6.85. The fourth-order valence-corrected chi connectivity index (χ4v) is 3.62. The van der Waals surface area contributed by atoms with Crippen LogP contribution >= 0.6 is 11.3 Å². The van der Waals surface area contributed by atoms with Crippen LogP contribution in [0.25, 0.3) is 0 Å². The zero-order chi connectivity index (χ0) is 14.5. The van der Waals surface area contributed by atoms with Gasteiger partial charge < -0.3 is 5.32 Å². The SMILES string of the molecule is CNC(CCN(Cc1cccs1)C1CC1)c1ccccc1. The van der Waals surface area contributed by atoms with Crippen molar-refractivity contribution in [3.8, 4) is 0 Å². The van der Waals surface area contributed by atoms with Crippen LogP contribution in [0.1, 0.15) is 35.7 Å². The molecule has 0 radical (unpaired) electrons. The van der Waals surface area contributed by atoms with E-state index in [4.69, 9.17) is 0 Å². The average Bonchev–Trinajstić information content (AvgIpc) is 3.25. The van der Waals surface area contributed by atoms with Gasteiger partial charge in [-0.1, -0.05) is 36.4 Å². The first kappa shape index (κ1) is 14.8. The first-order valence-corrected chi connectivity index (χ1v) is 8.73. The molecule has 0 amide bonds. The monoisotopic (exact) mass is 300 g/mol. The van der Waals surface area contributed by atoms with Gasteiger partial charge in [-0.15, -0.1) is 11.3 Å². The van der Waals surface area contributed by atoms with Crippen molar-refractivity contribution in [2.75, 3.05) is 13.6 Å². The summed E-state index contributed by atoms with van der Waals surface area (Å²) < 4.78 is 0. The van der Waals surface area contributed by atoms with E-state index in [-0.39, 0.29) is 0 Å². The summed E-state index contributed by atoms with van der Waals surface area (Å²) in [7, 11) is 2.07. The van der Waals surface area contributed by atoms with Gasteiger partial charge in [-0.25, -0.2) is 0 Å². The van der Waals surface area contributed by atoms with Gasteiger partial charge in [0.2, 0.25) is 0 Å². The third-order valence-corrected chi connectivity index (χ3v) is 5.12. The number of benzene rings is 1. The summed E-state index contributed by atoms with van der Waals surface area (Å²) in [5, 5.41) is 5.65. The van der Waals surface area contributed by atoms with Crippen molar-refractivity contribution in [3.05, 3.63) is 58.3 Å². The number of thiophene rings is 1. The molecule has 0 spiro atoms. The zero-order valence-corrected chi connectivity index (χ0v) is 13.5. The van der Waals surface area contributed by atoms with Gasteiger partial charge in [0.05, 0.1) is 0 Å². The van der Waals surface area contributed by atoms with Gasteiger partial charge in [-0.2, -0.15) is 0 Å². The molecule has 1 N–H and O–H groups in total. The predicted molar refractivity (Wildman–Crippen MR) is 90.6 cm³/mol. The number of hydrogen-bond acceptors (Lipinski definition) is 3. The lowest BCUT2D eigenvalue weighted by atomic mass is 10.0. The van der Waals surface area contributed by atoms with Crippen molar-refractivity contribution < 1.29 is 0 Å². The van der Waals surface area contributed by atoms with Gasteiger partial charge in [0, 0.05) is 30.1 Å². The molecule has 3 rings (SSSR count). The van der Waals surface area contributed by atoms with E-state index in [1.807, 2.05) is 11.3 Å². The molecule has 1 aromatic heterocycles. The number of hydrogen-bond donors (Lipinski definition) is 1. The van der Waals surface area contributed by atoms with Crippen LogP contribution < -0.4 is 5.32 Å². The van der Waals surface area contributed by atoms with E-state index in [9.17, 15) is 0 Å². The number of nitrogens with zero attached hydrogens (tertiary/aromatic N) is 1. The quantitative estimate of drug-likeness (QED) is 0.791. The molecule has 1 heterocycles.